The fourth-order valence-electron chi connectivity index (χ4n) is 2.72. The lowest BCUT2D eigenvalue weighted by molar-refractivity contribution is 0.409. The van der Waals surface area contributed by atoms with E-state index in [0.29, 0.717) is 6.54 Å². The Morgan fingerprint density at radius 1 is 1.19 bits per heavy atom. The van der Waals surface area contributed by atoms with Gasteiger partial charge in [0.15, 0.2) is 5.96 Å². The molecule has 2 aromatic heterocycles. The summed E-state index contributed by atoms with van der Waals surface area (Å²) in [4.78, 5) is 8.86. The summed E-state index contributed by atoms with van der Waals surface area (Å²) in [7, 11) is 3.46. The molecule has 0 unspecified atom stereocenters. The standard InChI is InChI=1S/C19H22BrN5O.HI/c1-21-19(22-10-9-14-5-3-4-6-17(14)26-2)23-11-16-13-25-12-15(20)7-8-18(25)24-16;/h3-8,12-13H,9-11H2,1-2H3,(H2,21,22,23);1H. The van der Waals surface area contributed by atoms with Crippen molar-refractivity contribution in [1.82, 2.24) is 20.0 Å². The number of rotatable bonds is 6. The van der Waals surface area contributed by atoms with Crippen LogP contribution in [0, 0.1) is 0 Å². The normalized spacial score (nSPS) is 11.1. The Morgan fingerprint density at radius 3 is 2.78 bits per heavy atom. The molecule has 0 aliphatic carbocycles. The summed E-state index contributed by atoms with van der Waals surface area (Å²) in [6, 6.07) is 12.0. The van der Waals surface area contributed by atoms with E-state index in [4.69, 9.17) is 4.74 Å². The molecule has 1 aromatic carbocycles. The van der Waals surface area contributed by atoms with Crippen LogP contribution >= 0.6 is 39.9 Å². The number of nitrogens with one attached hydrogen (secondary N) is 2. The SMILES string of the molecule is CN=C(NCCc1ccccc1OC)NCc1cn2cc(Br)ccc2n1.I. The first-order valence-electron chi connectivity index (χ1n) is 8.39. The molecule has 6 nitrogen and oxygen atoms in total. The van der Waals surface area contributed by atoms with Gasteiger partial charge in [0.25, 0.3) is 0 Å². The number of benzene rings is 1. The van der Waals surface area contributed by atoms with E-state index in [9.17, 15) is 0 Å². The van der Waals surface area contributed by atoms with Crippen LogP contribution in [0.1, 0.15) is 11.3 Å². The molecule has 0 atom stereocenters. The highest BCUT2D eigenvalue weighted by atomic mass is 127. The molecule has 2 heterocycles. The van der Waals surface area contributed by atoms with Crippen molar-refractivity contribution in [3.63, 3.8) is 0 Å². The van der Waals surface area contributed by atoms with Gasteiger partial charge in [0.2, 0.25) is 0 Å². The highest BCUT2D eigenvalue weighted by molar-refractivity contribution is 14.0. The number of nitrogens with zero attached hydrogens (tertiary/aromatic N) is 3. The summed E-state index contributed by atoms with van der Waals surface area (Å²) in [5.74, 6) is 1.66. The highest BCUT2D eigenvalue weighted by Crippen LogP contribution is 2.17. The zero-order valence-corrected chi connectivity index (χ0v) is 19.2. The number of halogens is 2. The van der Waals surface area contributed by atoms with Gasteiger partial charge >= 0.3 is 0 Å². The zero-order chi connectivity index (χ0) is 18.4. The van der Waals surface area contributed by atoms with Crippen LogP contribution in [0.4, 0.5) is 0 Å². The van der Waals surface area contributed by atoms with Crippen molar-refractivity contribution in [2.75, 3.05) is 20.7 Å². The van der Waals surface area contributed by atoms with Gasteiger partial charge in [-0.3, -0.25) is 4.99 Å². The van der Waals surface area contributed by atoms with Gasteiger partial charge in [0, 0.05) is 30.5 Å². The minimum atomic E-state index is 0. The largest absolute Gasteiger partial charge is 0.496 e. The van der Waals surface area contributed by atoms with Crippen LogP contribution in [-0.4, -0.2) is 36.0 Å². The molecule has 0 saturated carbocycles. The molecular weight excluding hydrogens is 521 g/mol. The smallest absolute Gasteiger partial charge is 0.191 e. The Kier molecular flexibility index (Phi) is 8.36. The fraction of sp³-hybridized carbons (Fsp3) is 0.263. The average molecular weight is 544 g/mol. The molecule has 0 spiro atoms. The number of para-hydroxylation sites is 1. The summed E-state index contributed by atoms with van der Waals surface area (Å²) in [5.41, 5.74) is 3.05. The van der Waals surface area contributed by atoms with E-state index in [1.165, 1.54) is 5.56 Å². The van der Waals surface area contributed by atoms with E-state index in [0.717, 1.165) is 40.5 Å². The van der Waals surface area contributed by atoms with Crippen molar-refractivity contribution in [2.45, 2.75) is 13.0 Å². The molecule has 0 radical (unpaired) electrons. The number of methoxy groups -OCH3 is 1. The monoisotopic (exact) mass is 543 g/mol. The lowest BCUT2D eigenvalue weighted by Crippen LogP contribution is -2.37. The van der Waals surface area contributed by atoms with Crippen LogP contribution in [0.2, 0.25) is 0 Å². The maximum atomic E-state index is 5.38. The second kappa shape index (κ2) is 10.5. The molecule has 0 bridgehead atoms. The Labute approximate surface area is 184 Å². The number of hydrogen-bond acceptors (Lipinski definition) is 3. The Morgan fingerprint density at radius 2 is 2.00 bits per heavy atom. The molecule has 0 amide bonds. The van der Waals surface area contributed by atoms with Gasteiger partial charge in [-0.05, 0) is 46.1 Å². The molecule has 0 aliphatic heterocycles. The van der Waals surface area contributed by atoms with E-state index in [2.05, 4.69) is 42.6 Å². The number of aliphatic imine (C=N–C) groups is 1. The number of guanidine groups is 1. The van der Waals surface area contributed by atoms with E-state index >= 15 is 0 Å². The molecule has 0 aliphatic rings. The maximum absolute atomic E-state index is 5.38. The molecule has 0 fully saturated rings. The number of imidazole rings is 1. The van der Waals surface area contributed by atoms with Crippen molar-refractivity contribution in [3.05, 3.63) is 64.5 Å². The zero-order valence-electron chi connectivity index (χ0n) is 15.3. The summed E-state index contributed by atoms with van der Waals surface area (Å²) in [5, 5.41) is 6.62. The molecule has 27 heavy (non-hydrogen) atoms. The number of fused-ring (bicyclic) bond motifs is 1. The molecule has 3 rings (SSSR count). The van der Waals surface area contributed by atoms with E-state index in [1.807, 2.05) is 47.1 Å². The van der Waals surface area contributed by atoms with Crippen LogP contribution in [0.5, 0.6) is 5.75 Å². The summed E-state index contributed by atoms with van der Waals surface area (Å²) >= 11 is 3.47. The molecule has 0 saturated heterocycles. The van der Waals surface area contributed by atoms with Crippen molar-refractivity contribution in [3.8, 4) is 5.75 Å². The van der Waals surface area contributed by atoms with Crippen LogP contribution in [0.3, 0.4) is 0 Å². The Hall–Kier alpha value is -1.81. The van der Waals surface area contributed by atoms with Crippen molar-refractivity contribution < 1.29 is 4.74 Å². The van der Waals surface area contributed by atoms with Gasteiger partial charge in [-0.2, -0.15) is 0 Å². The quantitative estimate of drug-likeness (QED) is 0.283. The van der Waals surface area contributed by atoms with Crippen molar-refractivity contribution in [2.24, 2.45) is 4.99 Å². The van der Waals surface area contributed by atoms with Gasteiger partial charge in [0.1, 0.15) is 11.4 Å². The van der Waals surface area contributed by atoms with Crippen LogP contribution in [-0.2, 0) is 13.0 Å². The average Bonchev–Trinajstić information content (AvgIpc) is 3.06. The number of hydrogen-bond donors (Lipinski definition) is 2. The molecule has 8 heteroatoms. The first-order chi connectivity index (χ1) is 12.7. The third kappa shape index (κ3) is 5.83. The number of ether oxygens (including phenoxy) is 1. The predicted molar refractivity (Wildman–Crippen MR) is 123 cm³/mol. The predicted octanol–water partition coefficient (Wildman–Crippen LogP) is 3.63. The molecule has 2 N–H and O–H groups in total. The topological polar surface area (TPSA) is 63.0 Å². The minimum Gasteiger partial charge on any atom is -0.496 e. The third-order valence-corrected chi connectivity index (χ3v) is 4.47. The van der Waals surface area contributed by atoms with Crippen LogP contribution in [0.25, 0.3) is 5.65 Å². The van der Waals surface area contributed by atoms with Crippen molar-refractivity contribution >= 4 is 51.5 Å². The second-order valence-electron chi connectivity index (χ2n) is 5.76. The van der Waals surface area contributed by atoms with E-state index in [1.54, 1.807) is 14.2 Å². The number of aromatic nitrogens is 2. The Bertz CT molecular complexity index is 912. The van der Waals surface area contributed by atoms with Gasteiger partial charge in [0.05, 0.1) is 19.3 Å². The maximum Gasteiger partial charge on any atom is 0.191 e. The lowest BCUT2D eigenvalue weighted by atomic mass is 10.1. The minimum absolute atomic E-state index is 0. The van der Waals surface area contributed by atoms with E-state index in [-0.39, 0.29) is 24.0 Å². The van der Waals surface area contributed by atoms with Gasteiger partial charge in [-0.25, -0.2) is 4.98 Å². The number of pyridine rings is 1. The first-order valence-corrected chi connectivity index (χ1v) is 9.18. The van der Waals surface area contributed by atoms with Gasteiger partial charge in [-0.1, -0.05) is 18.2 Å². The molecule has 3 aromatic rings. The van der Waals surface area contributed by atoms with Crippen molar-refractivity contribution in [1.29, 1.82) is 0 Å². The second-order valence-corrected chi connectivity index (χ2v) is 6.68. The summed E-state index contributed by atoms with van der Waals surface area (Å²) in [6.07, 6.45) is 4.86. The molecule has 144 valence electrons. The van der Waals surface area contributed by atoms with Gasteiger partial charge in [-0.15, -0.1) is 24.0 Å². The van der Waals surface area contributed by atoms with Crippen LogP contribution in [0.15, 0.2) is 58.3 Å². The first kappa shape index (κ1) is 21.5. The molecular formula is C19H23BrIN5O. The summed E-state index contributed by atoms with van der Waals surface area (Å²) < 4.78 is 8.41. The summed E-state index contributed by atoms with van der Waals surface area (Å²) in [6.45, 7) is 1.37. The lowest BCUT2D eigenvalue weighted by Gasteiger charge is -2.12. The fourth-order valence-corrected chi connectivity index (χ4v) is 3.08. The highest BCUT2D eigenvalue weighted by Gasteiger charge is 2.05. The van der Waals surface area contributed by atoms with Gasteiger partial charge < -0.3 is 19.8 Å². The Balaban J connectivity index is 0.00000261. The van der Waals surface area contributed by atoms with E-state index < -0.39 is 0 Å². The third-order valence-electron chi connectivity index (χ3n) is 4.00. The van der Waals surface area contributed by atoms with Crippen LogP contribution < -0.4 is 15.4 Å².